The summed E-state index contributed by atoms with van der Waals surface area (Å²) < 4.78 is 0. The van der Waals surface area contributed by atoms with Crippen molar-refractivity contribution in [2.75, 3.05) is 13.6 Å². The predicted molar refractivity (Wildman–Crippen MR) is 85.4 cm³/mol. The summed E-state index contributed by atoms with van der Waals surface area (Å²) in [6.45, 7) is 0.911. The Kier molecular flexibility index (Phi) is 3.07. The first-order chi connectivity index (χ1) is 10.9. The SMILES string of the molecule is CN1CC[C@]23CC(=O)CC[C@H]2[C@H]1Cc1ccc(C(N)=O)c(O)c13. The number of fused-ring (bicyclic) bond motifs is 1. The molecule has 2 bridgehead atoms. The molecule has 1 saturated heterocycles. The van der Waals surface area contributed by atoms with Crippen LogP contribution in [0.2, 0.25) is 0 Å². The number of carbonyl (C=O) groups excluding carboxylic acids is 2. The fraction of sp³-hybridized carbons (Fsp3) is 0.556. The van der Waals surface area contributed by atoms with Gasteiger partial charge in [-0.05, 0) is 50.4 Å². The Labute approximate surface area is 135 Å². The molecule has 1 heterocycles. The van der Waals surface area contributed by atoms with Gasteiger partial charge < -0.3 is 15.7 Å². The molecule has 0 unspecified atom stereocenters. The van der Waals surface area contributed by atoms with Gasteiger partial charge in [0.15, 0.2) is 0 Å². The van der Waals surface area contributed by atoms with Crippen molar-refractivity contribution in [1.82, 2.24) is 4.90 Å². The Hall–Kier alpha value is -1.88. The molecule has 2 aliphatic carbocycles. The maximum absolute atomic E-state index is 12.2. The topological polar surface area (TPSA) is 83.6 Å². The van der Waals surface area contributed by atoms with E-state index in [9.17, 15) is 14.7 Å². The van der Waals surface area contributed by atoms with Crippen LogP contribution in [-0.4, -0.2) is 41.3 Å². The van der Waals surface area contributed by atoms with Crippen LogP contribution >= 0.6 is 0 Å². The highest BCUT2D eigenvalue weighted by Crippen LogP contribution is 2.57. The molecule has 3 N–H and O–H groups in total. The number of benzene rings is 1. The molecule has 1 aromatic rings. The van der Waals surface area contributed by atoms with Gasteiger partial charge in [-0.1, -0.05) is 6.07 Å². The van der Waals surface area contributed by atoms with Gasteiger partial charge >= 0.3 is 0 Å². The van der Waals surface area contributed by atoms with E-state index >= 15 is 0 Å². The molecule has 0 radical (unpaired) electrons. The molecule has 0 aromatic heterocycles. The number of nitrogens with zero attached hydrogens (tertiary/aromatic N) is 1. The Bertz CT molecular complexity index is 714. The minimum absolute atomic E-state index is 0.0118. The van der Waals surface area contributed by atoms with Crippen molar-refractivity contribution in [3.63, 3.8) is 0 Å². The van der Waals surface area contributed by atoms with Gasteiger partial charge in [-0.25, -0.2) is 0 Å². The molecule has 1 aromatic carbocycles. The average molecular weight is 314 g/mol. The lowest BCUT2D eigenvalue weighted by Crippen LogP contribution is -2.61. The average Bonchev–Trinajstić information content (AvgIpc) is 2.50. The zero-order valence-electron chi connectivity index (χ0n) is 13.3. The van der Waals surface area contributed by atoms with Crippen molar-refractivity contribution >= 4 is 11.7 Å². The monoisotopic (exact) mass is 314 g/mol. The predicted octanol–water partition coefficient (Wildman–Crippen LogP) is 1.36. The van der Waals surface area contributed by atoms with Gasteiger partial charge in [0.2, 0.25) is 0 Å². The molecule has 3 aliphatic rings. The van der Waals surface area contributed by atoms with E-state index in [1.807, 2.05) is 6.07 Å². The van der Waals surface area contributed by atoms with Gasteiger partial charge in [0.1, 0.15) is 11.5 Å². The Morgan fingerprint density at radius 3 is 2.96 bits per heavy atom. The van der Waals surface area contributed by atoms with Gasteiger partial charge in [0.25, 0.3) is 5.91 Å². The Morgan fingerprint density at radius 1 is 1.43 bits per heavy atom. The lowest BCUT2D eigenvalue weighted by molar-refractivity contribution is -0.126. The number of likely N-dealkylation sites (tertiary alicyclic amines) is 1. The van der Waals surface area contributed by atoms with E-state index in [-0.39, 0.29) is 22.5 Å². The molecule has 1 aliphatic heterocycles. The van der Waals surface area contributed by atoms with Gasteiger partial charge in [0, 0.05) is 29.9 Å². The first kappa shape index (κ1) is 14.7. The smallest absolute Gasteiger partial charge is 0.252 e. The van der Waals surface area contributed by atoms with Crippen LogP contribution in [-0.2, 0) is 16.6 Å². The fourth-order valence-corrected chi connectivity index (χ4v) is 5.33. The minimum atomic E-state index is -0.615. The first-order valence-corrected chi connectivity index (χ1v) is 8.31. The molecule has 3 atom stereocenters. The quantitative estimate of drug-likeness (QED) is 0.820. The third-order valence-electron chi connectivity index (χ3n) is 6.35. The molecule has 1 saturated carbocycles. The number of carbonyl (C=O) groups is 2. The maximum Gasteiger partial charge on any atom is 0.252 e. The number of likely N-dealkylation sites (N-methyl/N-ethyl adjacent to an activating group) is 1. The molecule has 2 fully saturated rings. The van der Waals surface area contributed by atoms with Crippen molar-refractivity contribution in [3.05, 3.63) is 28.8 Å². The summed E-state index contributed by atoms with van der Waals surface area (Å²) in [6.07, 6.45) is 3.68. The van der Waals surface area contributed by atoms with E-state index in [4.69, 9.17) is 5.73 Å². The minimum Gasteiger partial charge on any atom is -0.507 e. The first-order valence-electron chi connectivity index (χ1n) is 8.31. The zero-order chi connectivity index (χ0) is 16.4. The van der Waals surface area contributed by atoms with Crippen LogP contribution < -0.4 is 5.73 Å². The Morgan fingerprint density at radius 2 is 2.22 bits per heavy atom. The number of aromatic hydroxyl groups is 1. The second-order valence-corrected chi connectivity index (χ2v) is 7.38. The number of piperidine rings is 1. The van der Waals surface area contributed by atoms with Gasteiger partial charge in [-0.3, -0.25) is 9.59 Å². The molecule has 4 rings (SSSR count). The molecular weight excluding hydrogens is 292 g/mol. The summed E-state index contributed by atoms with van der Waals surface area (Å²) in [6, 6.07) is 3.94. The number of ketones is 1. The number of rotatable bonds is 1. The molecule has 5 nitrogen and oxygen atoms in total. The van der Waals surface area contributed by atoms with Crippen LogP contribution in [0.15, 0.2) is 12.1 Å². The highest BCUT2D eigenvalue weighted by Gasteiger charge is 2.56. The standard InChI is InChI=1S/C18H22N2O3/c1-20-7-6-18-9-11(21)3-5-13(18)14(20)8-10-2-4-12(17(19)23)16(22)15(10)18/h2,4,13-14,22H,3,5-9H2,1H3,(H2,19,23)/t13-,14+,18-/m0/s1. The second kappa shape index (κ2) is 4.81. The van der Waals surface area contributed by atoms with Crippen molar-refractivity contribution < 1.29 is 14.7 Å². The highest BCUT2D eigenvalue weighted by atomic mass is 16.3. The van der Waals surface area contributed by atoms with E-state index in [1.54, 1.807) is 6.07 Å². The zero-order valence-corrected chi connectivity index (χ0v) is 13.3. The summed E-state index contributed by atoms with van der Waals surface area (Å²) in [5, 5.41) is 10.8. The molecule has 1 amide bonds. The highest BCUT2D eigenvalue weighted by molar-refractivity contribution is 5.96. The van der Waals surface area contributed by atoms with Crippen molar-refractivity contribution in [3.8, 4) is 5.75 Å². The summed E-state index contributed by atoms with van der Waals surface area (Å²) in [4.78, 5) is 26.3. The van der Waals surface area contributed by atoms with E-state index in [0.29, 0.717) is 24.8 Å². The summed E-state index contributed by atoms with van der Waals surface area (Å²) >= 11 is 0. The third-order valence-corrected chi connectivity index (χ3v) is 6.35. The molecule has 122 valence electrons. The van der Waals surface area contributed by atoms with Crippen LogP contribution in [0.5, 0.6) is 5.75 Å². The third kappa shape index (κ3) is 1.89. The van der Waals surface area contributed by atoms with Gasteiger partial charge in [-0.2, -0.15) is 0 Å². The fourth-order valence-electron chi connectivity index (χ4n) is 5.33. The van der Waals surface area contributed by atoms with Crippen molar-refractivity contribution in [2.45, 2.75) is 43.6 Å². The van der Waals surface area contributed by atoms with E-state index in [1.165, 1.54) is 0 Å². The lowest BCUT2D eigenvalue weighted by atomic mass is 9.52. The van der Waals surface area contributed by atoms with Crippen LogP contribution in [0.1, 0.15) is 47.2 Å². The molecule has 23 heavy (non-hydrogen) atoms. The Balaban J connectivity index is 1.97. The van der Waals surface area contributed by atoms with Gasteiger partial charge in [0.05, 0.1) is 5.56 Å². The number of phenols is 1. The number of amides is 1. The largest absolute Gasteiger partial charge is 0.507 e. The summed E-state index contributed by atoms with van der Waals surface area (Å²) in [7, 11) is 2.15. The summed E-state index contributed by atoms with van der Waals surface area (Å²) in [5.74, 6) is 0.0231. The van der Waals surface area contributed by atoms with Crippen LogP contribution in [0.25, 0.3) is 0 Å². The van der Waals surface area contributed by atoms with Crippen LogP contribution in [0.4, 0.5) is 0 Å². The molecule has 5 heteroatoms. The number of hydrogen-bond acceptors (Lipinski definition) is 4. The number of Topliss-reactive ketones (excluding diaryl/α,β-unsaturated/α-hetero) is 1. The maximum atomic E-state index is 12.2. The molecule has 0 spiro atoms. The van der Waals surface area contributed by atoms with Crippen molar-refractivity contribution in [1.29, 1.82) is 0 Å². The van der Waals surface area contributed by atoms with E-state index in [2.05, 4.69) is 11.9 Å². The second-order valence-electron chi connectivity index (χ2n) is 7.38. The number of primary amides is 1. The van der Waals surface area contributed by atoms with Gasteiger partial charge in [-0.15, -0.1) is 0 Å². The number of hydrogen-bond donors (Lipinski definition) is 2. The normalized spacial score (nSPS) is 33.0. The van der Waals surface area contributed by atoms with E-state index in [0.717, 1.165) is 36.9 Å². The number of nitrogens with two attached hydrogens (primary N) is 1. The van der Waals surface area contributed by atoms with E-state index < -0.39 is 5.91 Å². The molecular formula is C18H22N2O3. The van der Waals surface area contributed by atoms with Crippen LogP contribution in [0, 0.1) is 5.92 Å². The van der Waals surface area contributed by atoms with Crippen LogP contribution in [0.3, 0.4) is 0 Å². The lowest BCUT2D eigenvalue weighted by Gasteiger charge is -2.58. The summed E-state index contributed by atoms with van der Waals surface area (Å²) in [5.41, 5.74) is 7.16. The van der Waals surface area contributed by atoms with Crippen molar-refractivity contribution in [2.24, 2.45) is 11.7 Å².